The van der Waals surface area contributed by atoms with Crippen LogP contribution in [0, 0.1) is 0 Å². The molecular formula is C11H15ClN2O5S2. The van der Waals surface area contributed by atoms with E-state index in [4.69, 9.17) is 16.3 Å². The van der Waals surface area contributed by atoms with Gasteiger partial charge in [0.25, 0.3) is 0 Å². The minimum atomic E-state index is -3.70. The first-order valence-corrected chi connectivity index (χ1v) is 9.76. The van der Waals surface area contributed by atoms with Gasteiger partial charge in [0, 0.05) is 13.1 Å². The Morgan fingerprint density at radius 2 is 1.81 bits per heavy atom. The van der Waals surface area contributed by atoms with Crippen LogP contribution in [0.4, 0.5) is 5.69 Å². The maximum absolute atomic E-state index is 12.5. The molecule has 1 N–H and O–H groups in total. The number of halogens is 1. The van der Waals surface area contributed by atoms with E-state index < -0.39 is 20.0 Å². The molecule has 0 radical (unpaired) electrons. The maximum atomic E-state index is 12.5. The normalized spacial score (nSPS) is 17.6. The number of hydrogen-bond acceptors (Lipinski definition) is 5. The highest BCUT2D eigenvalue weighted by Crippen LogP contribution is 2.27. The molecule has 0 aromatic heterocycles. The van der Waals surface area contributed by atoms with Crippen LogP contribution in [-0.4, -0.2) is 53.7 Å². The molecule has 118 valence electrons. The fraction of sp³-hybridized carbons (Fsp3) is 0.455. The molecule has 2 rings (SSSR count). The van der Waals surface area contributed by atoms with E-state index in [1.165, 1.54) is 22.5 Å². The molecule has 0 atom stereocenters. The van der Waals surface area contributed by atoms with Gasteiger partial charge in [-0.2, -0.15) is 4.31 Å². The average molecular weight is 355 g/mol. The van der Waals surface area contributed by atoms with E-state index in [1.54, 1.807) is 0 Å². The predicted molar refractivity (Wildman–Crippen MR) is 79.5 cm³/mol. The van der Waals surface area contributed by atoms with Crippen molar-refractivity contribution in [3.05, 3.63) is 23.2 Å². The summed E-state index contributed by atoms with van der Waals surface area (Å²) >= 11 is 5.88. The van der Waals surface area contributed by atoms with Gasteiger partial charge in [-0.1, -0.05) is 11.6 Å². The molecule has 0 unspecified atom stereocenters. The van der Waals surface area contributed by atoms with Crippen LogP contribution in [0.3, 0.4) is 0 Å². The van der Waals surface area contributed by atoms with Crippen molar-refractivity contribution in [2.24, 2.45) is 0 Å². The number of nitrogens with zero attached hydrogens (tertiary/aromatic N) is 1. The second-order valence-corrected chi connectivity index (χ2v) is 8.63. The molecule has 1 saturated heterocycles. The molecular weight excluding hydrogens is 340 g/mol. The molecule has 1 aromatic rings. The van der Waals surface area contributed by atoms with Crippen molar-refractivity contribution in [3.63, 3.8) is 0 Å². The Bertz CT molecular complexity index is 727. The zero-order valence-corrected chi connectivity index (χ0v) is 13.6. The van der Waals surface area contributed by atoms with Crippen molar-refractivity contribution in [2.45, 2.75) is 4.90 Å². The topological polar surface area (TPSA) is 92.8 Å². The highest BCUT2D eigenvalue weighted by Gasteiger charge is 2.27. The molecule has 0 aliphatic carbocycles. The Labute approximate surface area is 128 Å². The predicted octanol–water partition coefficient (Wildman–Crippen LogP) is 0.732. The summed E-state index contributed by atoms with van der Waals surface area (Å²) in [7, 11) is -7.25. The average Bonchev–Trinajstić information content (AvgIpc) is 2.40. The lowest BCUT2D eigenvalue weighted by Crippen LogP contribution is -2.40. The van der Waals surface area contributed by atoms with E-state index in [0.29, 0.717) is 13.2 Å². The van der Waals surface area contributed by atoms with Crippen LogP contribution in [0.2, 0.25) is 5.02 Å². The Hall–Kier alpha value is -0.870. The Morgan fingerprint density at radius 3 is 2.38 bits per heavy atom. The first-order chi connectivity index (χ1) is 9.70. The quantitative estimate of drug-likeness (QED) is 0.860. The van der Waals surface area contributed by atoms with Crippen LogP contribution >= 0.6 is 11.6 Å². The summed E-state index contributed by atoms with van der Waals surface area (Å²) in [5.41, 5.74) is 0.0356. The molecule has 1 fully saturated rings. The summed E-state index contributed by atoms with van der Waals surface area (Å²) in [6.45, 7) is 1.20. The summed E-state index contributed by atoms with van der Waals surface area (Å²) in [5.74, 6) is 0. The van der Waals surface area contributed by atoms with Crippen molar-refractivity contribution in [3.8, 4) is 0 Å². The van der Waals surface area contributed by atoms with Crippen molar-refractivity contribution >= 4 is 37.3 Å². The van der Waals surface area contributed by atoms with E-state index in [0.717, 1.165) is 6.26 Å². The smallest absolute Gasteiger partial charge is 0.243 e. The first-order valence-electron chi connectivity index (χ1n) is 6.05. The van der Waals surface area contributed by atoms with Crippen LogP contribution in [0.5, 0.6) is 0 Å². The molecule has 0 spiro atoms. The number of ether oxygens (including phenoxy) is 1. The highest BCUT2D eigenvalue weighted by molar-refractivity contribution is 7.92. The molecule has 1 aliphatic heterocycles. The minimum Gasteiger partial charge on any atom is -0.379 e. The lowest BCUT2D eigenvalue weighted by Gasteiger charge is -2.26. The van der Waals surface area contributed by atoms with Gasteiger partial charge >= 0.3 is 0 Å². The zero-order valence-electron chi connectivity index (χ0n) is 11.2. The maximum Gasteiger partial charge on any atom is 0.243 e. The van der Waals surface area contributed by atoms with Crippen molar-refractivity contribution in [2.75, 3.05) is 37.3 Å². The van der Waals surface area contributed by atoms with Crippen LogP contribution in [0.1, 0.15) is 0 Å². The Balaban J connectivity index is 2.37. The van der Waals surface area contributed by atoms with Crippen molar-refractivity contribution in [1.82, 2.24) is 4.31 Å². The number of rotatable bonds is 4. The summed E-state index contributed by atoms with van der Waals surface area (Å²) in [5, 5.41) is 0.126. The third-order valence-corrected chi connectivity index (χ3v) is 5.66. The van der Waals surface area contributed by atoms with Crippen molar-refractivity contribution in [1.29, 1.82) is 0 Å². The van der Waals surface area contributed by atoms with E-state index in [1.807, 2.05) is 0 Å². The molecule has 10 heteroatoms. The summed E-state index contributed by atoms with van der Waals surface area (Å²) < 4.78 is 56.1. The lowest BCUT2D eigenvalue weighted by atomic mass is 10.3. The number of hydrogen-bond donors (Lipinski definition) is 1. The summed E-state index contributed by atoms with van der Waals surface area (Å²) in [6.07, 6.45) is 0.965. The number of sulfonamides is 2. The Kier molecular flexibility index (Phi) is 4.79. The number of morpholine rings is 1. The minimum absolute atomic E-state index is 0.0139. The highest BCUT2D eigenvalue weighted by atomic mass is 35.5. The largest absolute Gasteiger partial charge is 0.379 e. The van der Waals surface area contributed by atoms with E-state index >= 15 is 0 Å². The molecule has 0 saturated carbocycles. The van der Waals surface area contributed by atoms with Gasteiger partial charge in [-0.05, 0) is 18.2 Å². The molecule has 1 aromatic carbocycles. The van der Waals surface area contributed by atoms with Crippen molar-refractivity contribution < 1.29 is 21.6 Å². The van der Waals surface area contributed by atoms with Crippen LogP contribution in [0.25, 0.3) is 0 Å². The second kappa shape index (κ2) is 6.09. The summed E-state index contributed by atoms with van der Waals surface area (Å²) in [6, 6.07) is 3.91. The fourth-order valence-electron chi connectivity index (χ4n) is 1.88. The number of benzene rings is 1. The molecule has 0 amide bonds. The van der Waals surface area contributed by atoms with Crippen LogP contribution in [-0.2, 0) is 24.8 Å². The third kappa shape index (κ3) is 4.07. The second-order valence-electron chi connectivity index (χ2n) is 4.53. The van der Waals surface area contributed by atoms with Gasteiger partial charge in [0.05, 0.1) is 35.1 Å². The molecule has 7 nitrogen and oxygen atoms in total. The van der Waals surface area contributed by atoms with E-state index in [-0.39, 0.29) is 28.7 Å². The SMILES string of the molecule is CS(=O)(=O)Nc1cc(S(=O)(=O)N2CCOCC2)ccc1Cl. The van der Waals surface area contributed by atoms with Crippen LogP contribution < -0.4 is 4.72 Å². The van der Waals surface area contributed by atoms with Gasteiger partial charge in [-0.3, -0.25) is 4.72 Å². The van der Waals surface area contributed by atoms with Gasteiger partial charge in [0.2, 0.25) is 20.0 Å². The van der Waals surface area contributed by atoms with Gasteiger partial charge in [0.15, 0.2) is 0 Å². The molecule has 21 heavy (non-hydrogen) atoms. The third-order valence-electron chi connectivity index (χ3n) is 2.84. The van der Waals surface area contributed by atoms with Gasteiger partial charge < -0.3 is 4.74 Å². The molecule has 1 aliphatic rings. The number of anilines is 1. The molecule has 1 heterocycles. The number of nitrogens with one attached hydrogen (secondary N) is 1. The van der Waals surface area contributed by atoms with Gasteiger partial charge in [-0.25, -0.2) is 16.8 Å². The van der Waals surface area contributed by atoms with E-state index in [2.05, 4.69) is 4.72 Å². The van der Waals surface area contributed by atoms with Gasteiger partial charge in [-0.15, -0.1) is 0 Å². The van der Waals surface area contributed by atoms with E-state index in [9.17, 15) is 16.8 Å². The lowest BCUT2D eigenvalue weighted by molar-refractivity contribution is 0.0730. The molecule has 0 bridgehead atoms. The standard InChI is InChI=1S/C11H15ClN2O5S2/c1-20(15,16)13-11-8-9(2-3-10(11)12)21(17,18)14-4-6-19-7-5-14/h2-3,8,13H,4-7H2,1H3. The zero-order chi connectivity index (χ0) is 15.7. The Morgan fingerprint density at radius 1 is 1.19 bits per heavy atom. The monoisotopic (exact) mass is 354 g/mol. The fourth-order valence-corrected chi connectivity index (χ4v) is 4.10. The van der Waals surface area contributed by atoms with Crippen LogP contribution in [0.15, 0.2) is 23.1 Å². The summed E-state index contributed by atoms with van der Waals surface area (Å²) in [4.78, 5) is -0.0139. The first kappa shape index (κ1) is 16.5. The van der Waals surface area contributed by atoms with Gasteiger partial charge in [0.1, 0.15) is 0 Å².